The molecule has 0 saturated heterocycles. The van der Waals surface area contributed by atoms with Crippen LogP contribution in [0.2, 0.25) is 0 Å². The molecule has 1 rings (SSSR count). The standard InChI is InChI=1S/C6H9NO2S/c8-2-1-6-7-3-5(4-9)10-6/h3,8-9H,1-2,4H2. The van der Waals surface area contributed by atoms with Crippen molar-refractivity contribution in [1.82, 2.24) is 4.98 Å². The zero-order valence-corrected chi connectivity index (χ0v) is 6.27. The molecule has 0 bridgehead atoms. The molecule has 1 aromatic heterocycles. The van der Waals surface area contributed by atoms with Gasteiger partial charge in [-0.25, -0.2) is 4.98 Å². The number of rotatable bonds is 3. The molecule has 0 aromatic carbocycles. The first-order valence-electron chi connectivity index (χ1n) is 3.02. The summed E-state index contributed by atoms with van der Waals surface area (Å²) in [6.45, 7) is 0.168. The van der Waals surface area contributed by atoms with Crippen LogP contribution in [0.4, 0.5) is 0 Å². The van der Waals surface area contributed by atoms with E-state index in [1.54, 1.807) is 6.20 Å². The number of aliphatic hydroxyl groups is 2. The summed E-state index contributed by atoms with van der Waals surface area (Å²) in [7, 11) is 0. The van der Waals surface area contributed by atoms with Crippen molar-refractivity contribution >= 4 is 11.3 Å². The van der Waals surface area contributed by atoms with Crippen LogP contribution in [0.5, 0.6) is 0 Å². The van der Waals surface area contributed by atoms with Gasteiger partial charge in [-0.1, -0.05) is 0 Å². The molecule has 3 nitrogen and oxygen atoms in total. The Morgan fingerprint density at radius 1 is 1.50 bits per heavy atom. The van der Waals surface area contributed by atoms with E-state index in [2.05, 4.69) is 4.98 Å². The summed E-state index contributed by atoms with van der Waals surface area (Å²) in [4.78, 5) is 4.83. The Bertz CT molecular complexity index is 199. The fourth-order valence-electron chi connectivity index (χ4n) is 0.632. The van der Waals surface area contributed by atoms with E-state index in [4.69, 9.17) is 10.2 Å². The summed E-state index contributed by atoms with van der Waals surface area (Å²) >= 11 is 1.44. The second-order valence-corrected chi connectivity index (χ2v) is 3.05. The van der Waals surface area contributed by atoms with E-state index in [1.807, 2.05) is 0 Å². The minimum absolute atomic E-state index is 0.0447. The summed E-state index contributed by atoms with van der Waals surface area (Å²) in [5.41, 5.74) is 0. The summed E-state index contributed by atoms with van der Waals surface area (Å²) in [5, 5.41) is 18.0. The van der Waals surface area contributed by atoms with Crippen molar-refractivity contribution in [3.05, 3.63) is 16.1 Å². The second-order valence-electron chi connectivity index (χ2n) is 1.85. The molecule has 0 fully saturated rings. The lowest BCUT2D eigenvalue weighted by molar-refractivity contribution is 0.285. The van der Waals surface area contributed by atoms with Crippen molar-refractivity contribution in [2.45, 2.75) is 13.0 Å². The molecule has 10 heavy (non-hydrogen) atoms. The molecule has 0 atom stereocenters. The molecule has 2 N–H and O–H groups in total. The monoisotopic (exact) mass is 159 g/mol. The largest absolute Gasteiger partial charge is 0.396 e. The zero-order valence-electron chi connectivity index (χ0n) is 5.45. The van der Waals surface area contributed by atoms with Gasteiger partial charge in [0.2, 0.25) is 0 Å². The van der Waals surface area contributed by atoms with Crippen LogP contribution in [0.3, 0.4) is 0 Å². The predicted molar refractivity (Wildman–Crippen MR) is 38.8 cm³/mol. The molecule has 0 unspecified atom stereocenters. The van der Waals surface area contributed by atoms with Gasteiger partial charge in [0.05, 0.1) is 16.5 Å². The lowest BCUT2D eigenvalue weighted by Crippen LogP contribution is -1.87. The average Bonchev–Trinajstić information content (AvgIpc) is 2.37. The predicted octanol–water partition coefficient (Wildman–Crippen LogP) is 0.170. The van der Waals surface area contributed by atoms with Crippen LogP contribution in [0, 0.1) is 0 Å². The van der Waals surface area contributed by atoms with Gasteiger partial charge in [0.25, 0.3) is 0 Å². The van der Waals surface area contributed by atoms with Gasteiger partial charge in [-0.15, -0.1) is 11.3 Å². The Morgan fingerprint density at radius 2 is 2.30 bits per heavy atom. The van der Waals surface area contributed by atoms with Gasteiger partial charge in [-0.2, -0.15) is 0 Å². The van der Waals surface area contributed by atoms with Crippen molar-refractivity contribution in [3.8, 4) is 0 Å². The van der Waals surface area contributed by atoms with E-state index in [-0.39, 0.29) is 13.2 Å². The Morgan fingerprint density at radius 3 is 2.80 bits per heavy atom. The summed E-state index contributed by atoms with van der Waals surface area (Å²) in [5.74, 6) is 0. The number of thiazole rings is 1. The maximum absolute atomic E-state index is 8.63. The van der Waals surface area contributed by atoms with E-state index >= 15 is 0 Å². The van der Waals surface area contributed by atoms with E-state index in [0.29, 0.717) is 6.42 Å². The van der Waals surface area contributed by atoms with Crippen LogP contribution >= 0.6 is 11.3 Å². The molecule has 0 aliphatic rings. The third-order valence-electron chi connectivity index (χ3n) is 1.08. The van der Waals surface area contributed by atoms with Crippen molar-refractivity contribution in [2.75, 3.05) is 6.61 Å². The van der Waals surface area contributed by atoms with Crippen LogP contribution in [0.25, 0.3) is 0 Å². The molecule has 0 amide bonds. The number of hydrogen-bond acceptors (Lipinski definition) is 4. The smallest absolute Gasteiger partial charge is 0.0951 e. The Hall–Kier alpha value is -0.450. The van der Waals surface area contributed by atoms with E-state index in [0.717, 1.165) is 9.88 Å². The number of hydrogen-bond donors (Lipinski definition) is 2. The van der Waals surface area contributed by atoms with Crippen LogP contribution < -0.4 is 0 Å². The van der Waals surface area contributed by atoms with Gasteiger partial charge in [0.15, 0.2) is 0 Å². The van der Waals surface area contributed by atoms with Crippen LogP contribution in [-0.4, -0.2) is 21.8 Å². The minimum Gasteiger partial charge on any atom is -0.396 e. The molecule has 1 aromatic rings. The first-order valence-corrected chi connectivity index (χ1v) is 3.83. The van der Waals surface area contributed by atoms with Gasteiger partial charge in [0.1, 0.15) is 0 Å². The Kier molecular flexibility index (Phi) is 2.80. The summed E-state index contributed by atoms with van der Waals surface area (Å²) < 4.78 is 0. The lowest BCUT2D eigenvalue weighted by Gasteiger charge is -1.85. The van der Waals surface area contributed by atoms with E-state index in [1.165, 1.54) is 11.3 Å². The molecule has 4 heteroatoms. The van der Waals surface area contributed by atoms with Crippen LogP contribution in [0.1, 0.15) is 9.88 Å². The molecular weight excluding hydrogens is 150 g/mol. The lowest BCUT2D eigenvalue weighted by atomic mass is 10.5. The fraction of sp³-hybridized carbons (Fsp3) is 0.500. The van der Waals surface area contributed by atoms with Crippen molar-refractivity contribution in [2.24, 2.45) is 0 Å². The minimum atomic E-state index is 0.0447. The molecule has 0 aliphatic heterocycles. The molecule has 56 valence electrons. The third-order valence-corrected chi connectivity index (χ3v) is 2.12. The third kappa shape index (κ3) is 1.76. The van der Waals surface area contributed by atoms with E-state index < -0.39 is 0 Å². The maximum atomic E-state index is 8.63. The summed E-state index contributed by atoms with van der Waals surface area (Å²) in [6.07, 6.45) is 2.22. The second kappa shape index (κ2) is 3.65. The highest BCUT2D eigenvalue weighted by molar-refractivity contribution is 7.11. The fourth-order valence-corrected chi connectivity index (χ4v) is 1.40. The normalized spacial score (nSPS) is 10.2. The van der Waals surface area contributed by atoms with E-state index in [9.17, 15) is 0 Å². The first kappa shape index (κ1) is 7.65. The molecule has 1 heterocycles. The maximum Gasteiger partial charge on any atom is 0.0951 e. The van der Waals surface area contributed by atoms with Crippen molar-refractivity contribution < 1.29 is 10.2 Å². The van der Waals surface area contributed by atoms with Crippen LogP contribution in [-0.2, 0) is 13.0 Å². The number of aromatic nitrogens is 1. The highest BCUT2D eigenvalue weighted by Gasteiger charge is 1.98. The van der Waals surface area contributed by atoms with Gasteiger partial charge in [-0.05, 0) is 0 Å². The molecular formula is C6H9NO2S. The first-order chi connectivity index (χ1) is 4.86. The van der Waals surface area contributed by atoms with Crippen molar-refractivity contribution in [3.63, 3.8) is 0 Å². The molecule has 0 spiro atoms. The molecule has 0 aliphatic carbocycles. The van der Waals surface area contributed by atoms with Crippen LogP contribution in [0.15, 0.2) is 6.20 Å². The van der Waals surface area contributed by atoms with Gasteiger partial charge >= 0.3 is 0 Å². The highest BCUT2D eigenvalue weighted by Crippen LogP contribution is 2.12. The topological polar surface area (TPSA) is 53.4 Å². The average molecular weight is 159 g/mol. The molecule has 0 radical (unpaired) electrons. The molecule has 0 saturated carbocycles. The number of nitrogens with zero attached hydrogens (tertiary/aromatic N) is 1. The number of aliphatic hydroxyl groups excluding tert-OH is 2. The SMILES string of the molecule is OCCc1ncc(CO)s1. The Balaban J connectivity index is 2.59. The van der Waals surface area contributed by atoms with Gasteiger partial charge < -0.3 is 10.2 Å². The van der Waals surface area contributed by atoms with Gasteiger partial charge in [0, 0.05) is 19.2 Å². The quantitative estimate of drug-likeness (QED) is 0.661. The van der Waals surface area contributed by atoms with Crippen molar-refractivity contribution in [1.29, 1.82) is 0 Å². The zero-order chi connectivity index (χ0) is 7.40. The summed E-state index contributed by atoms with van der Waals surface area (Å²) in [6, 6.07) is 0. The highest BCUT2D eigenvalue weighted by atomic mass is 32.1. The Labute approximate surface area is 63.0 Å². The van der Waals surface area contributed by atoms with Gasteiger partial charge in [-0.3, -0.25) is 0 Å².